The largest absolute Gasteiger partial charge is 0.495 e. The lowest BCUT2D eigenvalue weighted by atomic mass is 10.1. The first-order chi connectivity index (χ1) is 15.3. The van der Waals surface area contributed by atoms with Crippen molar-refractivity contribution in [2.45, 2.75) is 31.2 Å². The van der Waals surface area contributed by atoms with Crippen molar-refractivity contribution in [2.75, 3.05) is 33.1 Å². The summed E-state index contributed by atoms with van der Waals surface area (Å²) in [5, 5.41) is 8.63. The summed E-state index contributed by atoms with van der Waals surface area (Å²) in [6, 6.07) is 12.7. The normalized spacial score (nSPS) is 12.3. The van der Waals surface area contributed by atoms with E-state index in [9.17, 15) is 16.8 Å². The van der Waals surface area contributed by atoms with E-state index in [1.54, 1.807) is 12.1 Å². The molecule has 12 heteroatoms. The van der Waals surface area contributed by atoms with Gasteiger partial charge in [0.15, 0.2) is 11.5 Å². The number of nitrogens with one attached hydrogen (secondary N) is 1. The van der Waals surface area contributed by atoms with E-state index < -0.39 is 20.1 Å². The molecule has 0 aliphatic rings. The molecule has 1 atom stereocenters. The first-order valence-electron chi connectivity index (χ1n) is 10.0. The summed E-state index contributed by atoms with van der Waals surface area (Å²) in [5.41, 5.74) is 0.854. The fraction of sp³-hybridized carbons (Fsp3) is 0.429. The predicted molar refractivity (Wildman–Crippen MR) is 126 cm³/mol. The number of para-hydroxylation sites is 2. The summed E-state index contributed by atoms with van der Waals surface area (Å²) in [6.07, 6.45) is 1.36. The zero-order valence-electron chi connectivity index (χ0n) is 19.1. The first-order valence-corrected chi connectivity index (χ1v) is 13.4. The van der Waals surface area contributed by atoms with Gasteiger partial charge in [-0.15, -0.1) is 0 Å². The number of primary sulfonamides is 1. The van der Waals surface area contributed by atoms with Gasteiger partial charge in [0.2, 0.25) is 10.0 Å². The molecule has 0 bridgehead atoms. The third-order valence-electron chi connectivity index (χ3n) is 4.08. The van der Waals surface area contributed by atoms with Crippen LogP contribution in [-0.4, -0.2) is 60.6 Å². The first kappa shape index (κ1) is 28.7. The highest BCUT2D eigenvalue weighted by Crippen LogP contribution is 2.26. The Balaban J connectivity index is 0.000000981. The highest BCUT2D eigenvalue weighted by Gasteiger charge is 2.16. The Morgan fingerprint density at radius 1 is 1.03 bits per heavy atom. The molecule has 0 fully saturated rings. The van der Waals surface area contributed by atoms with Gasteiger partial charge in [-0.3, -0.25) is 4.55 Å². The van der Waals surface area contributed by atoms with E-state index in [0.717, 1.165) is 11.3 Å². The molecule has 10 nitrogen and oxygen atoms in total. The number of hydrogen-bond donors (Lipinski definition) is 3. The van der Waals surface area contributed by atoms with Crippen molar-refractivity contribution in [3.05, 3.63) is 48.0 Å². The van der Waals surface area contributed by atoms with Crippen molar-refractivity contribution in [1.82, 2.24) is 5.32 Å². The number of hydrogen-bond acceptors (Lipinski definition) is 8. The number of methoxy groups -OCH3 is 1. The van der Waals surface area contributed by atoms with Gasteiger partial charge < -0.3 is 19.5 Å². The maximum absolute atomic E-state index is 11.7. The lowest BCUT2D eigenvalue weighted by Gasteiger charge is -2.16. The zero-order valence-corrected chi connectivity index (χ0v) is 20.8. The molecule has 0 saturated heterocycles. The smallest absolute Gasteiger partial charge is 0.261 e. The van der Waals surface area contributed by atoms with Gasteiger partial charge in [-0.05, 0) is 50.1 Å². The van der Waals surface area contributed by atoms with Crippen LogP contribution in [-0.2, 0) is 26.6 Å². The number of rotatable bonds is 11. The van der Waals surface area contributed by atoms with Crippen molar-refractivity contribution >= 4 is 20.1 Å². The molecule has 0 unspecified atom stereocenters. The number of nitrogens with two attached hydrogens (primary N) is 1. The highest BCUT2D eigenvalue weighted by molar-refractivity contribution is 7.89. The molecular weight excluding hydrogens is 472 g/mol. The Labute approximate surface area is 195 Å². The van der Waals surface area contributed by atoms with Gasteiger partial charge in [-0.1, -0.05) is 18.2 Å². The minimum Gasteiger partial charge on any atom is -0.495 e. The Bertz CT molecular complexity index is 1080. The summed E-state index contributed by atoms with van der Waals surface area (Å²) in [7, 11) is -6.09. The topological polar surface area (TPSA) is 154 Å². The molecule has 0 aromatic heterocycles. The van der Waals surface area contributed by atoms with E-state index in [1.807, 2.05) is 44.2 Å². The van der Waals surface area contributed by atoms with Gasteiger partial charge in [-0.2, -0.15) is 8.42 Å². The zero-order chi connectivity index (χ0) is 25.1. The third kappa shape index (κ3) is 11.9. The van der Waals surface area contributed by atoms with Crippen LogP contribution in [0.15, 0.2) is 47.4 Å². The van der Waals surface area contributed by atoms with Gasteiger partial charge in [0.25, 0.3) is 10.1 Å². The molecule has 2 aromatic rings. The van der Waals surface area contributed by atoms with Crippen LogP contribution in [0.5, 0.6) is 17.2 Å². The van der Waals surface area contributed by atoms with Gasteiger partial charge in [0, 0.05) is 12.6 Å². The van der Waals surface area contributed by atoms with Gasteiger partial charge in [0.05, 0.1) is 20.0 Å². The van der Waals surface area contributed by atoms with Crippen LogP contribution in [0.4, 0.5) is 0 Å². The van der Waals surface area contributed by atoms with E-state index in [2.05, 4.69) is 5.32 Å². The minimum absolute atomic E-state index is 0.00411. The summed E-state index contributed by atoms with van der Waals surface area (Å²) in [5.74, 6) is 1.69. The van der Waals surface area contributed by atoms with Crippen LogP contribution >= 0.6 is 0 Å². The number of sulfonamides is 1. The van der Waals surface area contributed by atoms with Crippen molar-refractivity contribution in [3.63, 3.8) is 0 Å². The SMILES string of the molecule is CCOc1ccccc1OCCN[C@H](C)Cc1ccc(OC)c(S(N)(=O)=O)c1.CS(=O)(=O)O. The fourth-order valence-electron chi connectivity index (χ4n) is 2.81. The van der Waals surface area contributed by atoms with Crippen molar-refractivity contribution in [1.29, 1.82) is 0 Å². The predicted octanol–water partition coefficient (Wildman–Crippen LogP) is 1.84. The van der Waals surface area contributed by atoms with Crippen molar-refractivity contribution in [2.24, 2.45) is 5.14 Å². The Hall–Kier alpha value is -2.38. The average molecular weight is 505 g/mol. The van der Waals surface area contributed by atoms with Crippen LogP contribution in [0.1, 0.15) is 19.4 Å². The summed E-state index contributed by atoms with van der Waals surface area (Å²) in [6.45, 7) is 5.66. The molecule has 186 valence electrons. The second kappa shape index (κ2) is 13.4. The van der Waals surface area contributed by atoms with E-state index in [1.165, 1.54) is 7.11 Å². The molecule has 0 amide bonds. The molecule has 33 heavy (non-hydrogen) atoms. The lowest BCUT2D eigenvalue weighted by molar-refractivity contribution is 0.272. The van der Waals surface area contributed by atoms with Crippen LogP contribution in [0, 0.1) is 0 Å². The monoisotopic (exact) mass is 504 g/mol. The summed E-state index contributed by atoms with van der Waals surface area (Å²) in [4.78, 5) is -0.00411. The average Bonchev–Trinajstić information content (AvgIpc) is 2.70. The van der Waals surface area contributed by atoms with Gasteiger partial charge in [-0.25, -0.2) is 13.6 Å². The molecule has 2 aromatic carbocycles. The number of benzene rings is 2. The molecule has 0 heterocycles. The fourth-order valence-corrected chi connectivity index (χ4v) is 3.55. The molecule has 0 radical (unpaired) electrons. The van der Waals surface area contributed by atoms with E-state index in [4.69, 9.17) is 23.9 Å². The van der Waals surface area contributed by atoms with Crippen molar-refractivity contribution in [3.8, 4) is 17.2 Å². The van der Waals surface area contributed by atoms with Crippen LogP contribution in [0.3, 0.4) is 0 Å². The molecule has 0 aliphatic heterocycles. The molecule has 0 aliphatic carbocycles. The minimum atomic E-state index is -3.84. The molecule has 0 saturated carbocycles. The van der Waals surface area contributed by atoms with Crippen LogP contribution in [0.25, 0.3) is 0 Å². The second-order valence-corrected chi connectivity index (χ2v) is 10.0. The van der Waals surface area contributed by atoms with Crippen molar-refractivity contribution < 1.29 is 35.6 Å². The number of ether oxygens (including phenoxy) is 3. The standard InChI is InChI=1S/C20H28N2O5S.CH4O3S/c1-4-26-17-7-5-6-8-18(17)27-12-11-22-15(2)13-16-9-10-19(25-3)20(14-16)28(21,23)24;1-5(2,3)4/h5-10,14-15,22H,4,11-13H2,1-3H3,(H2,21,23,24);1H3,(H,2,3,4)/t15-;/m1./s1. The Kier molecular flexibility index (Phi) is 11.6. The molecule has 4 N–H and O–H groups in total. The van der Waals surface area contributed by atoms with Crippen LogP contribution < -0.4 is 24.7 Å². The highest BCUT2D eigenvalue weighted by atomic mass is 32.2. The maximum Gasteiger partial charge on any atom is 0.261 e. The lowest BCUT2D eigenvalue weighted by Crippen LogP contribution is -2.32. The Morgan fingerprint density at radius 2 is 1.61 bits per heavy atom. The van der Waals surface area contributed by atoms with E-state index in [-0.39, 0.29) is 16.7 Å². The molecule has 0 spiro atoms. The Morgan fingerprint density at radius 3 is 2.12 bits per heavy atom. The van der Waals surface area contributed by atoms with Gasteiger partial charge >= 0.3 is 0 Å². The molecular formula is C21H32N2O8S2. The van der Waals surface area contributed by atoms with E-state index in [0.29, 0.717) is 38.2 Å². The van der Waals surface area contributed by atoms with E-state index >= 15 is 0 Å². The summed E-state index contributed by atoms with van der Waals surface area (Å²) >= 11 is 0. The molecule has 2 rings (SSSR count). The quantitative estimate of drug-likeness (QED) is 0.307. The third-order valence-corrected chi connectivity index (χ3v) is 5.01. The van der Waals surface area contributed by atoms with Gasteiger partial charge in [0.1, 0.15) is 17.3 Å². The van der Waals surface area contributed by atoms with Crippen LogP contribution in [0.2, 0.25) is 0 Å². The second-order valence-electron chi connectivity index (χ2n) is 7.05. The maximum atomic E-state index is 11.7. The summed E-state index contributed by atoms with van der Waals surface area (Å²) < 4.78 is 65.7.